The van der Waals surface area contributed by atoms with Crippen LogP contribution in [-0.2, 0) is 0 Å². The molecule has 0 radical (unpaired) electrons. The minimum atomic E-state index is -0.757. The molecule has 1 N–H and O–H groups in total. The van der Waals surface area contributed by atoms with Crippen LogP contribution >= 0.6 is 11.3 Å². The van der Waals surface area contributed by atoms with Gasteiger partial charge in [0.25, 0.3) is 5.91 Å². The summed E-state index contributed by atoms with van der Waals surface area (Å²) in [6, 6.07) is 3.76. The van der Waals surface area contributed by atoms with E-state index in [1.165, 1.54) is 19.2 Å². The highest BCUT2D eigenvalue weighted by atomic mass is 32.1. The topological polar surface area (TPSA) is 94.4 Å². The zero-order valence-electron chi connectivity index (χ0n) is 10.1. The molecule has 9 heteroatoms. The molecule has 0 unspecified atom stereocenters. The third-order valence-electron chi connectivity index (χ3n) is 2.31. The average molecular weight is 297 g/mol. The van der Waals surface area contributed by atoms with Crippen LogP contribution in [-0.4, -0.2) is 22.9 Å². The fraction of sp³-hybridized carbons (Fsp3) is 0.0909. The van der Waals surface area contributed by atoms with Crippen molar-refractivity contribution in [1.82, 2.24) is 4.98 Å². The maximum atomic E-state index is 13.7. The van der Waals surface area contributed by atoms with Crippen molar-refractivity contribution in [3.63, 3.8) is 0 Å². The van der Waals surface area contributed by atoms with E-state index in [1.807, 2.05) is 0 Å². The Kier molecular flexibility index (Phi) is 3.89. The molecule has 2 aromatic rings. The first kappa shape index (κ1) is 13.9. The van der Waals surface area contributed by atoms with E-state index >= 15 is 0 Å². The second-order valence-corrected chi connectivity index (χ2v) is 4.57. The van der Waals surface area contributed by atoms with Crippen LogP contribution in [0.4, 0.5) is 14.5 Å². The van der Waals surface area contributed by atoms with Gasteiger partial charge in [0.15, 0.2) is 5.13 Å². The second-order valence-electron chi connectivity index (χ2n) is 3.56. The first-order valence-electron chi connectivity index (χ1n) is 5.26. The number of anilines is 1. The van der Waals surface area contributed by atoms with Crippen LogP contribution in [0.25, 0.3) is 0 Å². The van der Waals surface area contributed by atoms with Gasteiger partial charge < -0.3 is 4.74 Å². The van der Waals surface area contributed by atoms with Gasteiger partial charge in [0, 0.05) is 6.07 Å². The van der Waals surface area contributed by atoms with E-state index in [4.69, 9.17) is 4.74 Å². The Hall–Kier alpha value is -2.55. The molecule has 0 saturated carbocycles. The number of amides is 1. The number of nitrogens with zero attached hydrogens (tertiary/aromatic N) is 2. The molecule has 20 heavy (non-hydrogen) atoms. The summed E-state index contributed by atoms with van der Waals surface area (Å²) in [4.78, 5) is 25.3. The molecule has 0 spiro atoms. The van der Waals surface area contributed by atoms with Gasteiger partial charge in [-0.1, -0.05) is 0 Å². The van der Waals surface area contributed by atoms with Gasteiger partial charge in [-0.05, 0) is 23.5 Å². The van der Waals surface area contributed by atoms with Gasteiger partial charge in [0.1, 0.15) is 17.8 Å². The first-order chi connectivity index (χ1) is 9.51. The average Bonchev–Trinajstić information content (AvgIpc) is 2.87. The third kappa shape index (κ3) is 2.88. The SMILES string of the molecule is COc1ccc(C(=O)Nc2ncc([N+](=O)[O-])s2)c(F)c1. The van der Waals surface area contributed by atoms with Crippen molar-refractivity contribution >= 4 is 27.4 Å². The maximum Gasteiger partial charge on any atom is 0.345 e. The molecular weight excluding hydrogens is 289 g/mol. The van der Waals surface area contributed by atoms with Gasteiger partial charge in [0.2, 0.25) is 0 Å². The van der Waals surface area contributed by atoms with Gasteiger partial charge in [-0.3, -0.25) is 20.2 Å². The molecule has 0 fully saturated rings. The maximum absolute atomic E-state index is 13.7. The van der Waals surface area contributed by atoms with E-state index < -0.39 is 16.6 Å². The van der Waals surface area contributed by atoms with Crippen LogP contribution in [0.2, 0.25) is 0 Å². The van der Waals surface area contributed by atoms with Gasteiger partial charge in [-0.25, -0.2) is 9.37 Å². The molecule has 1 aromatic heterocycles. The Morgan fingerprint density at radius 3 is 2.85 bits per heavy atom. The van der Waals surface area contributed by atoms with Crippen LogP contribution in [0.15, 0.2) is 24.4 Å². The summed E-state index contributed by atoms with van der Waals surface area (Å²) in [5.74, 6) is -1.22. The van der Waals surface area contributed by atoms with E-state index in [0.29, 0.717) is 11.3 Å². The number of thiazole rings is 1. The quantitative estimate of drug-likeness (QED) is 0.691. The highest BCUT2D eigenvalue weighted by Crippen LogP contribution is 2.26. The largest absolute Gasteiger partial charge is 0.497 e. The Morgan fingerprint density at radius 1 is 1.55 bits per heavy atom. The van der Waals surface area contributed by atoms with E-state index in [2.05, 4.69) is 10.3 Å². The van der Waals surface area contributed by atoms with Crippen molar-refractivity contribution in [2.24, 2.45) is 0 Å². The number of benzene rings is 1. The molecule has 0 aliphatic carbocycles. The van der Waals surface area contributed by atoms with Crippen LogP contribution in [0.3, 0.4) is 0 Å². The fourth-order valence-electron chi connectivity index (χ4n) is 1.38. The zero-order valence-corrected chi connectivity index (χ0v) is 10.9. The number of nitrogens with one attached hydrogen (secondary N) is 1. The molecular formula is C11H8FN3O4S. The zero-order chi connectivity index (χ0) is 14.7. The van der Waals surface area contributed by atoms with Gasteiger partial charge in [-0.2, -0.15) is 0 Å². The van der Waals surface area contributed by atoms with Crippen molar-refractivity contribution in [1.29, 1.82) is 0 Å². The summed E-state index contributed by atoms with van der Waals surface area (Å²) in [7, 11) is 1.38. The summed E-state index contributed by atoms with van der Waals surface area (Å²) in [5, 5.41) is 12.6. The lowest BCUT2D eigenvalue weighted by atomic mass is 10.2. The van der Waals surface area contributed by atoms with Crippen molar-refractivity contribution < 1.29 is 18.8 Å². The smallest absolute Gasteiger partial charge is 0.345 e. The number of carbonyl (C=O) groups excluding carboxylic acids is 1. The minimum absolute atomic E-state index is 0.0249. The van der Waals surface area contributed by atoms with Crippen LogP contribution in [0.1, 0.15) is 10.4 Å². The highest BCUT2D eigenvalue weighted by Gasteiger charge is 2.17. The summed E-state index contributed by atoms with van der Waals surface area (Å²) < 4.78 is 18.5. The first-order valence-corrected chi connectivity index (χ1v) is 6.08. The van der Waals surface area contributed by atoms with E-state index in [0.717, 1.165) is 12.3 Å². The number of aromatic nitrogens is 1. The number of carbonyl (C=O) groups is 1. The standard InChI is InChI=1S/C11H8FN3O4S/c1-19-6-2-3-7(8(12)4-6)10(16)14-11-13-5-9(20-11)15(17)18/h2-5H,1H3,(H,13,14,16). The molecule has 7 nitrogen and oxygen atoms in total. The molecule has 0 bridgehead atoms. The Morgan fingerprint density at radius 2 is 2.30 bits per heavy atom. The fourth-order valence-corrected chi connectivity index (χ4v) is 2.01. The predicted molar refractivity (Wildman–Crippen MR) is 69.7 cm³/mol. The number of nitro groups is 1. The minimum Gasteiger partial charge on any atom is -0.497 e. The molecule has 2 rings (SSSR count). The number of hydrogen-bond donors (Lipinski definition) is 1. The molecule has 0 saturated heterocycles. The monoisotopic (exact) mass is 297 g/mol. The van der Waals surface area contributed by atoms with Crippen molar-refractivity contribution in [3.05, 3.63) is 45.9 Å². The molecule has 1 heterocycles. The third-order valence-corrected chi connectivity index (χ3v) is 3.18. The Bertz CT molecular complexity index is 673. The van der Waals surface area contributed by atoms with Crippen molar-refractivity contribution in [2.75, 3.05) is 12.4 Å². The molecule has 1 amide bonds. The molecule has 0 aliphatic heterocycles. The van der Waals surface area contributed by atoms with E-state index in [9.17, 15) is 19.3 Å². The van der Waals surface area contributed by atoms with Crippen LogP contribution in [0, 0.1) is 15.9 Å². The molecule has 1 aromatic carbocycles. The molecule has 104 valence electrons. The van der Waals surface area contributed by atoms with Gasteiger partial charge >= 0.3 is 5.00 Å². The Labute approximate surface area is 116 Å². The van der Waals surface area contributed by atoms with E-state index in [-0.39, 0.29) is 21.4 Å². The number of hydrogen-bond acceptors (Lipinski definition) is 6. The lowest BCUT2D eigenvalue weighted by Gasteiger charge is -2.05. The summed E-state index contributed by atoms with van der Waals surface area (Å²) in [5.41, 5.74) is -0.205. The lowest BCUT2D eigenvalue weighted by Crippen LogP contribution is -2.13. The number of methoxy groups -OCH3 is 1. The lowest BCUT2D eigenvalue weighted by molar-refractivity contribution is -0.380. The summed E-state index contributed by atoms with van der Waals surface area (Å²) in [6.45, 7) is 0. The molecule has 0 aliphatic rings. The number of rotatable bonds is 4. The van der Waals surface area contributed by atoms with Crippen molar-refractivity contribution in [3.8, 4) is 5.75 Å². The number of ether oxygens (including phenoxy) is 1. The van der Waals surface area contributed by atoms with Gasteiger partial charge in [-0.15, -0.1) is 0 Å². The van der Waals surface area contributed by atoms with Crippen LogP contribution < -0.4 is 10.1 Å². The summed E-state index contributed by atoms with van der Waals surface area (Å²) >= 11 is 0.688. The highest BCUT2D eigenvalue weighted by molar-refractivity contribution is 7.18. The van der Waals surface area contributed by atoms with Gasteiger partial charge in [0.05, 0.1) is 17.6 Å². The normalized spacial score (nSPS) is 10.1. The molecule has 0 atom stereocenters. The number of halogens is 1. The second kappa shape index (κ2) is 5.61. The van der Waals surface area contributed by atoms with E-state index in [1.54, 1.807) is 0 Å². The Balaban J connectivity index is 2.17. The summed E-state index contributed by atoms with van der Waals surface area (Å²) in [6.07, 6.45) is 1.02. The van der Waals surface area contributed by atoms with Crippen molar-refractivity contribution in [2.45, 2.75) is 0 Å². The van der Waals surface area contributed by atoms with Crippen LogP contribution in [0.5, 0.6) is 5.75 Å². The predicted octanol–water partition coefficient (Wildman–Crippen LogP) is 2.45.